The lowest BCUT2D eigenvalue weighted by atomic mass is 9.76. The van der Waals surface area contributed by atoms with Gasteiger partial charge in [0.15, 0.2) is 5.78 Å². The van der Waals surface area contributed by atoms with Crippen molar-refractivity contribution in [3.63, 3.8) is 0 Å². The van der Waals surface area contributed by atoms with Crippen LogP contribution in [-0.2, 0) is 79.3 Å². The predicted octanol–water partition coefficient (Wildman–Crippen LogP) is 9.13. The number of carbonyl (C=O) groups is 9. The third-order valence-corrected chi connectivity index (χ3v) is 16.7. The Bertz CT molecular complexity index is 3400. The molecule has 2 heterocycles. The van der Waals surface area contributed by atoms with Crippen LogP contribution in [0, 0.1) is 23.2 Å². The number of anilines is 1. The summed E-state index contributed by atoms with van der Waals surface area (Å²) in [5, 5.41) is 39.6. The fourth-order valence-electron chi connectivity index (χ4n) is 11.3. The molecule has 20 nitrogen and oxygen atoms in total. The normalized spacial score (nSPS) is 14.1. The molecule has 1 aliphatic rings. The molecule has 1 aliphatic heterocycles. The van der Waals surface area contributed by atoms with E-state index in [-0.39, 0.29) is 86.6 Å². The highest BCUT2D eigenvalue weighted by Crippen LogP contribution is 2.40. The number of para-hydroxylation sites is 1. The minimum atomic E-state index is -1.14. The maximum atomic E-state index is 14.3. The lowest BCUT2D eigenvalue weighted by Gasteiger charge is -2.40. The van der Waals surface area contributed by atoms with Crippen LogP contribution >= 0.6 is 0 Å². The van der Waals surface area contributed by atoms with Crippen molar-refractivity contribution in [1.82, 2.24) is 36.3 Å². The number of rotatable bonds is 30. The highest BCUT2D eigenvalue weighted by molar-refractivity contribution is 6.00. The summed E-state index contributed by atoms with van der Waals surface area (Å²) in [5.74, 6) is -5.95. The number of ether oxygens (including phenoxy) is 1. The Balaban J connectivity index is 1.00. The molecule has 5 atom stereocenters. The van der Waals surface area contributed by atoms with E-state index < -0.39 is 76.4 Å². The van der Waals surface area contributed by atoms with Crippen LogP contribution in [0.15, 0.2) is 109 Å². The number of fused-ring (bicyclic) bond motifs is 5. The Morgan fingerprint density at radius 1 is 0.719 bits per heavy atom. The number of likely N-dealkylation sites (N-methyl/N-ethyl adjacent to an activating group) is 2. The molecule has 6 rings (SSSR count). The van der Waals surface area contributed by atoms with Crippen molar-refractivity contribution in [2.45, 2.75) is 170 Å². The molecular weight excluding hydrogens is 1130 g/mol. The first kappa shape index (κ1) is 69.5. The van der Waals surface area contributed by atoms with Gasteiger partial charge >= 0.3 is 17.9 Å². The monoisotopic (exact) mass is 1220 g/mol. The summed E-state index contributed by atoms with van der Waals surface area (Å²) in [6.07, 6.45) is 1.87. The minimum absolute atomic E-state index is 0.0730. The maximum absolute atomic E-state index is 14.3. The molecule has 0 aliphatic carbocycles. The second-order valence-corrected chi connectivity index (χ2v) is 25.6. The number of aliphatic carboxylic acids is 2. The van der Waals surface area contributed by atoms with Crippen molar-refractivity contribution in [2.24, 2.45) is 23.2 Å². The fraction of sp³-hybridized carbons (Fsp3) is 0.464. The lowest BCUT2D eigenvalue weighted by Crippen LogP contribution is -2.61. The van der Waals surface area contributed by atoms with Crippen LogP contribution in [0.2, 0.25) is 0 Å². The van der Waals surface area contributed by atoms with E-state index in [4.69, 9.17) is 4.74 Å². The highest BCUT2D eigenvalue weighted by atomic mass is 16.5. The van der Waals surface area contributed by atoms with Crippen molar-refractivity contribution in [3.8, 4) is 22.5 Å². The minimum Gasteiger partial charge on any atom is -0.481 e. The first-order valence-electron chi connectivity index (χ1n) is 30.5. The van der Waals surface area contributed by atoms with E-state index in [2.05, 4.69) is 31.4 Å². The van der Waals surface area contributed by atoms with E-state index in [0.717, 1.165) is 22.3 Å². The molecule has 476 valence electrons. The number of Topliss-reactive ketones (excluding diaryl/α,β-unsaturated/α-hetero) is 2. The number of hydrogen-bond donors (Lipinski definition) is 6. The number of carboxylic acids is 2. The number of esters is 1. The molecule has 0 fully saturated rings. The summed E-state index contributed by atoms with van der Waals surface area (Å²) >= 11 is 0. The average Bonchev–Trinajstić information content (AvgIpc) is 1.93. The fourth-order valence-corrected chi connectivity index (χ4v) is 11.3. The molecule has 0 bridgehead atoms. The molecule has 4 aromatic carbocycles. The van der Waals surface area contributed by atoms with Gasteiger partial charge in [-0.2, -0.15) is 15.4 Å². The number of unbranched alkanes of at least 4 members (excludes halogenated alkanes) is 1. The summed E-state index contributed by atoms with van der Waals surface area (Å²) in [5.41, 5.74) is 5.75. The molecule has 0 saturated carbocycles. The lowest BCUT2D eigenvalue weighted by molar-refractivity contribution is -0.144. The third-order valence-electron chi connectivity index (χ3n) is 16.7. The molecule has 1 aromatic heterocycles. The predicted molar refractivity (Wildman–Crippen MR) is 339 cm³/mol. The quantitative estimate of drug-likeness (QED) is 0.0142. The zero-order chi connectivity index (χ0) is 65.5. The van der Waals surface area contributed by atoms with E-state index >= 15 is 0 Å². The Morgan fingerprint density at radius 3 is 1.98 bits per heavy atom. The van der Waals surface area contributed by atoms with Gasteiger partial charge in [-0.05, 0) is 84.4 Å². The number of amides is 4. The molecule has 0 radical (unpaired) electrons. The standard InChI is InChI=1S/C69H88N8O12/c1-41(2)52(38-49(78)23-14-18-27-57(80)77-39-47-21-13-15-24-50(47)60-61(74-75-73-60)51-25-16-17-26-54(51)77)64(84)71-53(32-33-58(81)82)56(79)36-44-28-30-45(31-29-44)40-89-59(83)37-46-20-19-22-48(35-46)69(9,10)62(70-11)65(85)72-63(68(6,7)8)66(86)76(12)55(42(3)4)34-43(5)67(87)88/h13,15-17,19-22,24-26,28-31,34-35,41-42,52-53,55,62-63,70H,14,18,23,27,32-33,36-40H2,1-12H3,(H,71,84)(H,72,85)(H,81,82)(H,87,88)(H,73,74,75)/b43-34+/t52-,53-,55+,62+,63+/m0/s1. The van der Waals surface area contributed by atoms with Gasteiger partial charge in [-0.3, -0.25) is 38.4 Å². The smallest absolute Gasteiger partial charge is 0.331 e. The molecule has 4 amide bonds. The highest BCUT2D eigenvalue weighted by Gasteiger charge is 2.42. The number of aromatic amines is 1. The number of carboxylic acid groups (broad SMARTS) is 2. The maximum Gasteiger partial charge on any atom is 0.331 e. The molecular formula is C69H88N8O12. The zero-order valence-electron chi connectivity index (χ0n) is 53.4. The first-order valence-corrected chi connectivity index (χ1v) is 30.5. The zero-order valence-corrected chi connectivity index (χ0v) is 53.4. The van der Waals surface area contributed by atoms with Crippen LogP contribution < -0.4 is 20.9 Å². The number of H-pyrrole nitrogens is 1. The van der Waals surface area contributed by atoms with Crippen molar-refractivity contribution in [2.75, 3.05) is 19.0 Å². The number of hydrogen-bond acceptors (Lipinski definition) is 13. The SMILES string of the molecule is CN[C@H](C(=O)N[C@H](C(=O)N(C)[C@H](/C=C(\C)C(=O)O)C(C)C)C(C)(C)C)C(C)(C)c1cccc(CC(=O)OCc2ccc(CC(=O)[C@H](CCC(=O)O)NC(=O)[C@@H](CC(=O)CCCCC(=O)N3Cc4ccccc4-c4n[nH]nc4-c4ccccc43)C(C)C)cc2)c1. The van der Waals surface area contributed by atoms with E-state index in [0.29, 0.717) is 53.2 Å². The Kier molecular flexibility index (Phi) is 24.2. The van der Waals surface area contributed by atoms with Gasteiger partial charge in [-0.25, -0.2) is 4.79 Å². The molecule has 0 saturated heterocycles. The molecule has 6 N–H and O–H groups in total. The van der Waals surface area contributed by atoms with E-state index in [1.807, 2.05) is 123 Å². The topological polar surface area (TPSA) is 287 Å². The van der Waals surface area contributed by atoms with Gasteiger partial charge in [0.25, 0.3) is 0 Å². The molecule has 0 unspecified atom stereocenters. The number of nitrogens with one attached hydrogen (secondary N) is 4. The number of benzene rings is 4. The number of aromatic nitrogens is 3. The molecule has 20 heteroatoms. The second-order valence-electron chi connectivity index (χ2n) is 25.6. The Labute approximate surface area is 522 Å². The van der Waals surface area contributed by atoms with Gasteiger partial charge in [0, 0.05) is 67.2 Å². The van der Waals surface area contributed by atoms with Gasteiger partial charge in [-0.1, -0.05) is 159 Å². The summed E-state index contributed by atoms with van der Waals surface area (Å²) < 4.78 is 5.67. The van der Waals surface area contributed by atoms with Gasteiger partial charge in [0.2, 0.25) is 23.6 Å². The van der Waals surface area contributed by atoms with Crippen LogP contribution in [-0.4, -0.2) is 122 Å². The van der Waals surface area contributed by atoms with Crippen molar-refractivity contribution < 1.29 is 58.1 Å². The van der Waals surface area contributed by atoms with E-state index in [1.54, 1.807) is 61.5 Å². The van der Waals surface area contributed by atoms with E-state index in [9.17, 15) is 53.4 Å². The van der Waals surface area contributed by atoms with Crippen LogP contribution in [0.3, 0.4) is 0 Å². The molecule has 89 heavy (non-hydrogen) atoms. The van der Waals surface area contributed by atoms with Gasteiger partial charge < -0.3 is 40.7 Å². The van der Waals surface area contributed by atoms with Crippen LogP contribution in [0.1, 0.15) is 142 Å². The van der Waals surface area contributed by atoms with Crippen molar-refractivity contribution in [3.05, 3.63) is 137 Å². The number of nitrogens with zero attached hydrogens (tertiary/aromatic N) is 4. The van der Waals surface area contributed by atoms with Crippen LogP contribution in [0.25, 0.3) is 22.5 Å². The Morgan fingerprint density at radius 2 is 1.35 bits per heavy atom. The van der Waals surface area contributed by atoms with Gasteiger partial charge in [-0.15, -0.1) is 0 Å². The summed E-state index contributed by atoms with van der Waals surface area (Å²) in [4.78, 5) is 124. The van der Waals surface area contributed by atoms with Crippen LogP contribution in [0.5, 0.6) is 0 Å². The summed E-state index contributed by atoms with van der Waals surface area (Å²) in [6, 6.07) is 25.9. The largest absolute Gasteiger partial charge is 0.481 e. The van der Waals surface area contributed by atoms with Crippen molar-refractivity contribution in [1.29, 1.82) is 0 Å². The second kappa shape index (κ2) is 31.0. The first-order chi connectivity index (χ1) is 42.0. The average molecular weight is 1220 g/mol. The summed E-state index contributed by atoms with van der Waals surface area (Å²) in [6.45, 7) is 18.4. The summed E-state index contributed by atoms with van der Waals surface area (Å²) in [7, 11) is 3.27. The number of carbonyl (C=O) groups excluding carboxylic acids is 7. The van der Waals surface area contributed by atoms with E-state index in [1.165, 1.54) is 11.8 Å². The van der Waals surface area contributed by atoms with Crippen LogP contribution in [0.4, 0.5) is 5.69 Å². The van der Waals surface area contributed by atoms with Crippen molar-refractivity contribution >= 4 is 58.8 Å². The van der Waals surface area contributed by atoms with Gasteiger partial charge in [0.1, 0.15) is 29.8 Å². The number of ketones is 2. The molecule has 0 spiro atoms. The third kappa shape index (κ3) is 18.5. The molecule has 5 aromatic rings. The Hall–Kier alpha value is -8.65. The van der Waals surface area contributed by atoms with Gasteiger partial charge in [0.05, 0.1) is 36.8 Å².